The van der Waals surface area contributed by atoms with Crippen molar-refractivity contribution < 1.29 is 33.4 Å². The number of nitrogens with zero attached hydrogens (tertiary/aromatic N) is 2. The molecule has 5 atom stereocenters. The van der Waals surface area contributed by atoms with Gasteiger partial charge in [0.1, 0.15) is 0 Å². The fourth-order valence-electron chi connectivity index (χ4n) is 8.21. The molecule has 3 aromatic rings. The van der Waals surface area contributed by atoms with Crippen molar-refractivity contribution in [2.75, 3.05) is 42.4 Å². The minimum Gasteiger partial charge on any atom is -0.461 e. The van der Waals surface area contributed by atoms with E-state index in [0.717, 1.165) is 70.9 Å². The van der Waals surface area contributed by atoms with Crippen molar-refractivity contribution in [3.63, 3.8) is 0 Å². The van der Waals surface area contributed by atoms with Gasteiger partial charge in [-0.15, -0.1) is 0 Å². The topological polar surface area (TPSA) is 155 Å². The summed E-state index contributed by atoms with van der Waals surface area (Å²) in [6.45, 7) is 18.1. The van der Waals surface area contributed by atoms with Crippen LogP contribution in [0, 0.1) is 23.7 Å². The predicted octanol–water partition coefficient (Wildman–Crippen LogP) is 12.0. The smallest absolute Gasteiger partial charge is 0.366 e. The number of esters is 2. The van der Waals surface area contributed by atoms with Crippen molar-refractivity contribution in [2.24, 2.45) is 28.8 Å². The summed E-state index contributed by atoms with van der Waals surface area (Å²) in [4.78, 5) is 68.6. The summed E-state index contributed by atoms with van der Waals surface area (Å²) in [5.74, 6) is -1.35. The lowest BCUT2D eigenvalue weighted by Gasteiger charge is -2.34. The first kappa shape index (κ1) is 54.8. The zero-order chi connectivity index (χ0) is 48.3. The maximum atomic E-state index is 14.9. The molecule has 0 fully saturated rings. The Hall–Kier alpha value is -5.52. The Morgan fingerprint density at radius 3 is 1.70 bits per heavy atom. The molecular formula is C54H79N5O7. The van der Waals surface area contributed by atoms with E-state index in [1.807, 2.05) is 13.0 Å². The molecule has 0 saturated heterocycles. The Balaban J connectivity index is 1.74. The Morgan fingerprint density at radius 2 is 1.17 bits per heavy atom. The molecule has 5 unspecified atom stereocenters. The number of unbranched alkanes of at least 4 members (excludes halogenated alkanes) is 2. The van der Waals surface area contributed by atoms with Crippen LogP contribution in [0.4, 0.5) is 17.1 Å². The van der Waals surface area contributed by atoms with Crippen molar-refractivity contribution >= 4 is 52.4 Å². The standard InChI is InChI=1S/C54H79N5O7/c1-9-16-22-40(11-3)37-59(38-41(12-4)23-17-10-2)52(62)45(31-30-42(13-5)43-24-19-18-20-25-43)29-28-39(8)50(60)55-47-26-21-27-48(36-47)56-51(61)44-32-34-46(35-33-44)57-58-49(53(63)65-14-6)54(64)66-15-7/h18-21,24-27,32-36,39-42,45,57H,9-17,22-23,28-31,37-38H2,1-8H3,(H,55,60)(H,56,61). The van der Waals surface area contributed by atoms with Crippen LogP contribution in [-0.2, 0) is 28.7 Å². The van der Waals surface area contributed by atoms with Gasteiger partial charge in [-0.1, -0.05) is 116 Å². The lowest BCUT2D eigenvalue weighted by atomic mass is 9.85. The van der Waals surface area contributed by atoms with Crippen LogP contribution in [0.15, 0.2) is 84.0 Å². The number of nitrogens with one attached hydrogen (secondary N) is 3. The third-order valence-corrected chi connectivity index (χ3v) is 12.5. The fraction of sp³-hybridized carbons (Fsp3) is 0.556. The van der Waals surface area contributed by atoms with Crippen molar-refractivity contribution in [2.45, 2.75) is 145 Å². The Bertz CT molecular complexity index is 1920. The summed E-state index contributed by atoms with van der Waals surface area (Å²) in [7, 11) is 0. The van der Waals surface area contributed by atoms with Crippen LogP contribution in [0.5, 0.6) is 0 Å². The Morgan fingerprint density at radius 1 is 0.606 bits per heavy atom. The molecule has 3 rings (SSSR count). The largest absolute Gasteiger partial charge is 0.461 e. The SMILES string of the molecule is CCCCC(CC)CN(CC(CC)CCCC)C(=O)C(CCC(C)C(=O)Nc1cccc(NC(=O)c2ccc(NN=C(C(=O)OCC)C(=O)OCC)cc2)c1)CCC(CC)c1ccccc1. The number of amides is 3. The number of anilines is 3. The van der Waals surface area contributed by atoms with Crippen LogP contribution in [0.3, 0.4) is 0 Å². The minimum atomic E-state index is -0.915. The molecular weight excluding hydrogens is 831 g/mol. The lowest BCUT2D eigenvalue weighted by molar-refractivity contribution is -0.140. The number of carbonyl (C=O) groups is 5. The van der Waals surface area contributed by atoms with E-state index in [0.29, 0.717) is 53.2 Å². The fourth-order valence-corrected chi connectivity index (χ4v) is 8.21. The van der Waals surface area contributed by atoms with E-state index >= 15 is 0 Å². The quantitative estimate of drug-likeness (QED) is 0.0249. The number of ether oxygens (including phenoxy) is 2. The third kappa shape index (κ3) is 18.8. The van der Waals surface area contributed by atoms with Gasteiger partial charge in [-0.3, -0.25) is 19.8 Å². The van der Waals surface area contributed by atoms with Crippen LogP contribution in [0.25, 0.3) is 0 Å². The Labute approximate surface area is 395 Å². The Kier molecular flexibility index (Phi) is 25.4. The molecule has 0 spiro atoms. The van der Waals surface area contributed by atoms with Gasteiger partial charge < -0.3 is 25.0 Å². The number of carbonyl (C=O) groups excluding carboxylic acids is 5. The summed E-state index contributed by atoms with van der Waals surface area (Å²) in [6, 6.07) is 23.9. The zero-order valence-electron chi connectivity index (χ0n) is 41.2. The van der Waals surface area contributed by atoms with Gasteiger partial charge in [-0.05, 0) is 125 Å². The third-order valence-electron chi connectivity index (χ3n) is 12.5. The molecule has 0 aromatic heterocycles. The lowest BCUT2D eigenvalue weighted by Crippen LogP contribution is -2.42. The summed E-state index contributed by atoms with van der Waals surface area (Å²) in [5, 5.41) is 9.82. The first-order chi connectivity index (χ1) is 31.9. The average Bonchev–Trinajstić information content (AvgIpc) is 3.32. The van der Waals surface area contributed by atoms with Crippen LogP contribution in [-0.4, -0.2) is 66.6 Å². The molecule has 3 amide bonds. The van der Waals surface area contributed by atoms with Gasteiger partial charge in [0.15, 0.2) is 0 Å². The molecule has 0 aliphatic carbocycles. The monoisotopic (exact) mass is 910 g/mol. The molecule has 12 nitrogen and oxygen atoms in total. The number of benzene rings is 3. The van der Waals surface area contributed by atoms with Crippen LogP contribution < -0.4 is 16.1 Å². The molecule has 0 radical (unpaired) electrons. The molecule has 362 valence electrons. The van der Waals surface area contributed by atoms with Crippen LogP contribution in [0.1, 0.15) is 161 Å². The van der Waals surface area contributed by atoms with Gasteiger partial charge >= 0.3 is 11.9 Å². The molecule has 3 aromatic carbocycles. The molecule has 0 saturated carbocycles. The average molecular weight is 910 g/mol. The number of hydrazone groups is 1. The van der Waals surface area contributed by atoms with Gasteiger partial charge in [0.2, 0.25) is 11.8 Å². The minimum absolute atomic E-state index is 0.0613. The summed E-state index contributed by atoms with van der Waals surface area (Å²) in [5.41, 5.74) is 5.23. The normalized spacial score (nSPS) is 13.3. The van der Waals surface area contributed by atoms with E-state index in [1.165, 1.54) is 18.4 Å². The van der Waals surface area contributed by atoms with Gasteiger partial charge in [-0.25, -0.2) is 9.59 Å². The molecule has 66 heavy (non-hydrogen) atoms. The second-order valence-corrected chi connectivity index (χ2v) is 17.5. The van der Waals surface area contributed by atoms with Crippen molar-refractivity contribution in [3.05, 3.63) is 90.0 Å². The van der Waals surface area contributed by atoms with Gasteiger partial charge in [0, 0.05) is 41.9 Å². The van der Waals surface area contributed by atoms with Gasteiger partial charge in [0.05, 0.1) is 18.9 Å². The molecule has 0 heterocycles. The van der Waals surface area contributed by atoms with E-state index in [-0.39, 0.29) is 42.8 Å². The highest BCUT2D eigenvalue weighted by atomic mass is 16.6. The van der Waals surface area contributed by atoms with Crippen molar-refractivity contribution in [1.29, 1.82) is 0 Å². The molecule has 12 heteroatoms. The second-order valence-electron chi connectivity index (χ2n) is 17.5. The summed E-state index contributed by atoms with van der Waals surface area (Å²) < 4.78 is 9.83. The maximum absolute atomic E-state index is 14.9. The maximum Gasteiger partial charge on any atom is 0.366 e. The van der Waals surface area contributed by atoms with E-state index in [1.54, 1.807) is 62.4 Å². The highest BCUT2D eigenvalue weighted by molar-refractivity contribution is 6.62. The van der Waals surface area contributed by atoms with Crippen LogP contribution >= 0.6 is 0 Å². The highest BCUT2D eigenvalue weighted by Gasteiger charge is 2.30. The van der Waals surface area contributed by atoms with Crippen LogP contribution in [0.2, 0.25) is 0 Å². The van der Waals surface area contributed by atoms with E-state index in [2.05, 4.69) is 84.9 Å². The first-order valence-electron chi connectivity index (χ1n) is 24.7. The highest BCUT2D eigenvalue weighted by Crippen LogP contribution is 2.31. The summed E-state index contributed by atoms with van der Waals surface area (Å²) >= 11 is 0. The molecule has 0 aliphatic rings. The van der Waals surface area contributed by atoms with Gasteiger partial charge in [0.25, 0.3) is 11.6 Å². The van der Waals surface area contributed by atoms with E-state index in [4.69, 9.17) is 9.47 Å². The summed E-state index contributed by atoms with van der Waals surface area (Å²) in [6.07, 6.45) is 12.9. The number of hydrogen-bond donors (Lipinski definition) is 3. The van der Waals surface area contributed by atoms with Crippen molar-refractivity contribution in [1.82, 2.24) is 4.90 Å². The van der Waals surface area contributed by atoms with E-state index in [9.17, 15) is 24.0 Å². The van der Waals surface area contributed by atoms with Crippen molar-refractivity contribution in [3.8, 4) is 0 Å². The second kappa shape index (κ2) is 30.6. The molecule has 0 aliphatic heterocycles. The predicted molar refractivity (Wildman–Crippen MR) is 268 cm³/mol. The zero-order valence-corrected chi connectivity index (χ0v) is 41.2. The van der Waals surface area contributed by atoms with E-state index < -0.39 is 17.7 Å². The number of rotatable bonds is 31. The number of hydrogen-bond acceptors (Lipinski definition) is 9. The first-order valence-corrected chi connectivity index (χ1v) is 24.7. The van der Waals surface area contributed by atoms with Gasteiger partial charge in [-0.2, -0.15) is 5.10 Å². The molecule has 3 N–H and O–H groups in total. The molecule has 0 bridgehead atoms.